The Labute approximate surface area is 224 Å². The van der Waals surface area contributed by atoms with Gasteiger partial charge in [-0.15, -0.1) is 0 Å². The van der Waals surface area contributed by atoms with Gasteiger partial charge >= 0.3 is 12.6 Å². The average Bonchev–Trinajstić information content (AvgIpc) is 3.68. The molecule has 2 aliphatic rings. The van der Waals surface area contributed by atoms with E-state index < -0.39 is 18.0 Å². The molecule has 7 nitrogen and oxygen atoms in total. The summed E-state index contributed by atoms with van der Waals surface area (Å²) in [7, 11) is 0. The maximum Gasteiger partial charge on any atom is 0.387 e. The Hall–Kier alpha value is -3.98. The highest BCUT2D eigenvalue weighted by Gasteiger charge is 2.31. The Morgan fingerprint density at radius 3 is 2.59 bits per heavy atom. The van der Waals surface area contributed by atoms with Crippen molar-refractivity contribution in [2.24, 2.45) is 0 Å². The number of fused-ring (bicyclic) bond motifs is 2. The van der Waals surface area contributed by atoms with Crippen molar-refractivity contribution in [2.45, 2.75) is 52.1 Å². The van der Waals surface area contributed by atoms with E-state index in [9.17, 15) is 18.4 Å². The van der Waals surface area contributed by atoms with Gasteiger partial charge < -0.3 is 18.6 Å². The van der Waals surface area contributed by atoms with Crippen LogP contribution in [-0.2, 0) is 24.4 Å². The van der Waals surface area contributed by atoms with Crippen molar-refractivity contribution < 1.29 is 23.0 Å². The summed E-state index contributed by atoms with van der Waals surface area (Å²) in [4.78, 5) is 28.2. The smallest absolute Gasteiger partial charge is 0.387 e. The van der Waals surface area contributed by atoms with Crippen LogP contribution in [0.5, 0.6) is 5.75 Å². The third-order valence-electron chi connectivity index (χ3n) is 7.38. The van der Waals surface area contributed by atoms with Crippen LogP contribution in [0.15, 0.2) is 65.7 Å². The van der Waals surface area contributed by atoms with E-state index in [1.807, 2.05) is 30.5 Å². The molecule has 202 valence electrons. The fourth-order valence-corrected chi connectivity index (χ4v) is 5.43. The zero-order valence-electron chi connectivity index (χ0n) is 21.6. The van der Waals surface area contributed by atoms with Crippen molar-refractivity contribution in [1.82, 2.24) is 14.0 Å². The predicted octanol–water partition coefficient (Wildman–Crippen LogP) is 5.60. The van der Waals surface area contributed by atoms with Gasteiger partial charge in [0, 0.05) is 61.4 Å². The van der Waals surface area contributed by atoms with Gasteiger partial charge in [0.15, 0.2) is 5.75 Å². The van der Waals surface area contributed by atoms with Crippen LogP contribution in [0.3, 0.4) is 0 Å². The van der Waals surface area contributed by atoms with Gasteiger partial charge in [-0.3, -0.25) is 9.69 Å². The van der Waals surface area contributed by atoms with Crippen LogP contribution in [-0.4, -0.2) is 39.8 Å². The van der Waals surface area contributed by atoms with Crippen LogP contribution >= 0.6 is 0 Å². The molecule has 39 heavy (non-hydrogen) atoms. The number of alkyl halides is 2. The lowest BCUT2D eigenvalue weighted by Gasteiger charge is -2.28. The maximum atomic E-state index is 13.8. The molecular formula is C30H29F2N3O4. The van der Waals surface area contributed by atoms with E-state index in [1.165, 1.54) is 11.8 Å². The minimum atomic E-state index is -3.08. The summed E-state index contributed by atoms with van der Waals surface area (Å²) >= 11 is 0. The summed E-state index contributed by atoms with van der Waals surface area (Å²) in [5.74, 6) is -0.773. The van der Waals surface area contributed by atoms with Gasteiger partial charge in [-0.25, -0.2) is 4.79 Å². The Balaban J connectivity index is 1.43. The second-order valence-corrected chi connectivity index (χ2v) is 10.1. The second kappa shape index (κ2) is 10.3. The van der Waals surface area contributed by atoms with E-state index in [2.05, 4.69) is 21.6 Å². The number of benzene rings is 2. The molecule has 0 amide bonds. The van der Waals surface area contributed by atoms with Crippen molar-refractivity contribution in [1.29, 1.82) is 0 Å². The Bertz CT molecular complexity index is 1590. The summed E-state index contributed by atoms with van der Waals surface area (Å²) in [6.07, 6.45) is 5.03. The molecule has 0 saturated heterocycles. The average molecular weight is 534 g/mol. The number of hydrogen-bond acceptors (Lipinski definition) is 5. The number of hydrogen-bond donors (Lipinski definition) is 0. The summed E-state index contributed by atoms with van der Waals surface area (Å²) in [6, 6.07) is 15.5. The molecule has 1 fully saturated rings. The Kier molecular flexibility index (Phi) is 6.68. The summed E-state index contributed by atoms with van der Waals surface area (Å²) < 4.78 is 41.7. The number of halogens is 2. The molecule has 4 aromatic rings. The van der Waals surface area contributed by atoms with Gasteiger partial charge in [0.05, 0.1) is 17.5 Å². The fourth-order valence-electron chi connectivity index (χ4n) is 5.43. The van der Waals surface area contributed by atoms with E-state index in [0.717, 1.165) is 50.3 Å². The third-order valence-corrected chi connectivity index (χ3v) is 7.38. The Morgan fingerprint density at radius 1 is 1.08 bits per heavy atom. The first-order valence-corrected chi connectivity index (χ1v) is 13.2. The van der Waals surface area contributed by atoms with E-state index in [1.54, 1.807) is 23.6 Å². The van der Waals surface area contributed by atoms with Gasteiger partial charge in [-0.2, -0.15) is 8.78 Å². The molecular weight excluding hydrogens is 504 g/mol. The molecule has 2 aromatic heterocycles. The largest absolute Gasteiger partial charge is 0.462 e. The zero-order chi connectivity index (χ0) is 27.1. The quantitative estimate of drug-likeness (QED) is 0.276. The molecule has 0 spiro atoms. The first-order chi connectivity index (χ1) is 18.9. The van der Waals surface area contributed by atoms with Gasteiger partial charge in [0.2, 0.25) is 5.43 Å². The SMILES string of the molecule is CCOC(=O)c1cn(C2CC2)c2c(OC(F)F)c(-c3cc4n(c3)CCN(Cc3ccccc3)C4)ccc2c1=O. The van der Waals surface area contributed by atoms with Crippen molar-refractivity contribution >= 4 is 16.9 Å². The third kappa shape index (κ3) is 4.94. The minimum absolute atomic E-state index is 0.00895. The van der Waals surface area contributed by atoms with Crippen LogP contribution in [0.25, 0.3) is 22.0 Å². The number of nitrogens with zero attached hydrogens (tertiary/aromatic N) is 3. The number of carbonyl (C=O) groups excluding carboxylic acids is 1. The number of ether oxygens (including phenoxy) is 2. The summed E-state index contributed by atoms with van der Waals surface area (Å²) in [5, 5.41) is 0.157. The van der Waals surface area contributed by atoms with Gasteiger partial charge in [0.1, 0.15) is 5.56 Å². The monoisotopic (exact) mass is 533 g/mol. The van der Waals surface area contributed by atoms with Gasteiger partial charge in [-0.05, 0) is 43.5 Å². The minimum Gasteiger partial charge on any atom is -0.462 e. The highest BCUT2D eigenvalue weighted by atomic mass is 19.3. The highest BCUT2D eigenvalue weighted by Crippen LogP contribution is 2.43. The van der Waals surface area contributed by atoms with E-state index in [0.29, 0.717) is 5.56 Å². The standard InChI is InChI=1S/C30H29F2N3O4/c1-2-38-29(37)25-18-35(21-8-9-21)26-24(27(25)36)11-10-23(28(26)39-30(31)32)20-14-22-17-33(12-13-34(22)16-20)15-19-6-4-3-5-7-19/h3-7,10-11,14,16,18,21,30H,2,8-9,12-13,15,17H2,1H3. The highest BCUT2D eigenvalue weighted by molar-refractivity contribution is 5.98. The van der Waals surface area contributed by atoms with Crippen molar-refractivity contribution in [2.75, 3.05) is 13.2 Å². The number of aromatic nitrogens is 2. The molecule has 1 saturated carbocycles. The molecule has 3 heterocycles. The first kappa shape index (κ1) is 25.3. The van der Waals surface area contributed by atoms with E-state index in [4.69, 9.17) is 9.47 Å². The lowest BCUT2D eigenvalue weighted by atomic mass is 10.0. The van der Waals surface area contributed by atoms with Crippen LogP contribution in [0.4, 0.5) is 8.78 Å². The molecule has 0 radical (unpaired) electrons. The van der Waals surface area contributed by atoms with Crippen LogP contribution < -0.4 is 10.2 Å². The lowest BCUT2D eigenvalue weighted by molar-refractivity contribution is -0.0486. The van der Waals surface area contributed by atoms with Crippen molar-refractivity contribution in [3.8, 4) is 16.9 Å². The normalized spacial score (nSPS) is 15.5. The number of pyridine rings is 1. The van der Waals surface area contributed by atoms with Crippen LogP contribution in [0, 0.1) is 0 Å². The first-order valence-electron chi connectivity index (χ1n) is 13.2. The summed E-state index contributed by atoms with van der Waals surface area (Å²) in [6.45, 7) is 1.90. The molecule has 2 aromatic carbocycles. The molecule has 0 bridgehead atoms. The Morgan fingerprint density at radius 2 is 1.87 bits per heavy atom. The van der Waals surface area contributed by atoms with Crippen LogP contribution in [0.2, 0.25) is 0 Å². The van der Waals surface area contributed by atoms with Crippen molar-refractivity contribution in [3.63, 3.8) is 0 Å². The van der Waals surface area contributed by atoms with E-state index in [-0.39, 0.29) is 34.9 Å². The lowest BCUT2D eigenvalue weighted by Crippen LogP contribution is -2.32. The van der Waals surface area contributed by atoms with Crippen LogP contribution in [0.1, 0.15) is 47.4 Å². The molecule has 0 N–H and O–H groups in total. The molecule has 9 heteroatoms. The second-order valence-electron chi connectivity index (χ2n) is 10.1. The topological polar surface area (TPSA) is 65.7 Å². The molecule has 1 aliphatic carbocycles. The van der Waals surface area contributed by atoms with E-state index >= 15 is 0 Å². The molecule has 0 unspecified atom stereocenters. The van der Waals surface area contributed by atoms with Gasteiger partial charge in [-0.1, -0.05) is 30.3 Å². The molecule has 1 aliphatic heterocycles. The fraction of sp³-hybridized carbons (Fsp3) is 0.333. The number of carbonyl (C=O) groups is 1. The van der Waals surface area contributed by atoms with Gasteiger partial charge in [0.25, 0.3) is 0 Å². The number of rotatable bonds is 8. The van der Waals surface area contributed by atoms with Crippen molar-refractivity contribution in [3.05, 3.63) is 88.0 Å². The molecule has 6 rings (SSSR count). The zero-order valence-corrected chi connectivity index (χ0v) is 21.6. The molecule has 0 atom stereocenters. The number of esters is 1. The summed E-state index contributed by atoms with van der Waals surface area (Å²) in [5.41, 5.74) is 3.16. The maximum absolute atomic E-state index is 13.8. The predicted molar refractivity (Wildman–Crippen MR) is 143 cm³/mol.